The molecule has 0 bridgehead atoms. The summed E-state index contributed by atoms with van der Waals surface area (Å²) in [6.07, 6.45) is 5.58. The van der Waals surface area contributed by atoms with Gasteiger partial charge in [-0.3, -0.25) is 10.2 Å². The lowest BCUT2D eigenvalue weighted by molar-refractivity contribution is -0.125. The quantitative estimate of drug-likeness (QED) is 0.441. The van der Waals surface area contributed by atoms with Gasteiger partial charge in [0.2, 0.25) is 5.91 Å². The van der Waals surface area contributed by atoms with Crippen LogP contribution in [0, 0.1) is 23.1 Å². The molecule has 6 nitrogen and oxygen atoms in total. The van der Waals surface area contributed by atoms with E-state index in [1.165, 1.54) is 12.1 Å². The monoisotopic (exact) mass is 447 g/mol. The first-order valence-corrected chi connectivity index (χ1v) is 11.2. The number of benzene rings is 2. The predicted molar refractivity (Wildman–Crippen MR) is 125 cm³/mol. The van der Waals surface area contributed by atoms with Crippen LogP contribution in [0.15, 0.2) is 61.1 Å². The van der Waals surface area contributed by atoms with E-state index in [-0.39, 0.29) is 18.1 Å². The van der Waals surface area contributed by atoms with Gasteiger partial charge in [0.1, 0.15) is 5.82 Å². The van der Waals surface area contributed by atoms with E-state index in [2.05, 4.69) is 30.3 Å². The molecule has 1 heterocycles. The van der Waals surface area contributed by atoms with Crippen LogP contribution in [-0.2, 0) is 24.3 Å². The van der Waals surface area contributed by atoms with Crippen molar-refractivity contribution in [3.8, 4) is 6.07 Å². The summed E-state index contributed by atoms with van der Waals surface area (Å²) in [6, 6.07) is 15.9. The first-order valence-electron chi connectivity index (χ1n) is 11.2. The zero-order valence-corrected chi connectivity index (χ0v) is 19.2. The summed E-state index contributed by atoms with van der Waals surface area (Å²) in [5.74, 6) is 0.107. The maximum absolute atomic E-state index is 13.6. The van der Waals surface area contributed by atoms with Crippen LogP contribution in [0.5, 0.6) is 0 Å². The van der Waals surface area contributed by atoms with E-state index in [1.54, 1.807) is 30.7 Å². The molecule has 0 spiro atoms. The third-order valence-corrected chi connectivity index (χ3v) is 5.71. The highest BCUT2D eigenvalue weighted by molar-refractivity contribution is 5.77. The molecular formula is C26H30FN5O. The van der Waals surface area contributed by atoms with E-state index >= 15 is 0 Å². The Balaban J connectivity index is 1.64. The number of nitrogens with zero attached hydrogens (tertiary/aromatic N) is 4. The Hall–Kier alpha value is -3.50. The first-order chi connectivity index (χ1) is 16.0. The van der Waals surface area contributed by atoms with Crippen LogP contribution in [0.1, 0.15) is 49.1 Å². The summed E-state index contributed by atoms with van der Waals surface area (Å²) in [5, 5.41) is 10.8. The lowest BCUT2D eigenvalue weighted by Gasteiger charge is -2.25. The minimum atomic E-state index is -0.285. The Morgan fingerprint density at radius 2 is 2.03 bits per heavy atom. The second-order valence-electron chi connectivity index (χ2n) is 8.39. The summed E-state index contributed by atoms with van der Waals surface area (Å²) in [7, 11) is 0. The number of rotatable bonds is 11. The first kappa shape index (κ1) is 24.1. The zero-order valence-electron chi connectivity index (χ0n) is 19.2. The fourth-order valence-corrected chi connectivity index (χ4v) is 3.51. The fourth-order valence-electron chi connectivity index (χ4n) is 3.51. The van der Waals surface area contributed by atoms with Gasteiger partial charge in [0.25, 0.3) is 0 Å². The molecule has 1 atom stereocenters. The molecule has 0 radical (unpaired) electrons. The molecule has 0 aliphatic carbocycles. The minimum Gasteiger partial charge on any atom is -0.330 e. The molecule has 2 aromatic carbocycles. The van der Waals surface area contributed by atoms with Crippen LogP contribution in [0.4, 0.5) is 4.39 Å². The molecule has 0 aliphatic rings. The summed E-state index contributed by atoms with van der Waals surface area (Å²) >= 11 is 0. The Kier molecular flexibility index (Phi) is 8.73. The Morgan fingerprint density at radius 3 is 2.73 bits per heavy atom. The highest BCUT2D eigenvalue weighted by Crippen LogP contribution is 2.12. The van der Waals surface area contributed by atoms with Crippen molar-refractivity contribution >= 4 is 5.91 Å². The number of carbonyl (C=O) groups is 1. The maximum atomic E-state index is 13.6. The van der Waals surface area contributed by atoms with Gasteiger partial charge in [-0.1, -0.05) is 44.5 Å². The van der Waals surface area contributed by atoms with Crippen molar-refractivity contribution in [3.63, 3.8) is 0 Å². The number of nitrogens with one attached hydrogen (secondary N) is 1. The normalized spacial score (nSPS) is 11.8. The smallest absolute Gasteiger partial charge is 0.240 e. The van der Waals surface area contributed by atoms with E-state index < -0.39 is 0 Å². The van der Waals surface area contributed by atoms with Gasteiger partial charge >= 0.3 is 0 Å². The number of hydrogen-bond acceptors (Lipinski definition) is 4. The maximum Gasteiger partial charge on any atom is 0.240 e. The Labute approximate surface area is 194 Å². The van der Waals surface area contributed by atoms with Gasteiger partial charge in [0.15, 0.2) is 0 Å². The average Bonchev–Trinajstić information content (AvgIpc) is 3.23. The van der Waals surface area contributed by atoms with Crippen molar-refractivity contribution in [1.29, 1.82) is 5.26 Å². The largest absolute Gasteiger partial charge is 0.330 e. The fraction of sp³-hybridized carbons (Fsp3) is 0.346. The summed E-state index contributed by atoms with van der Waals surface area (Å²) < 4.78 is 15.6. The van der Waals surface area contributed by atoms with Crippen molar-refractivity contribution < 1.29 is 9.18 Å². The van der Waals surface area contributed by atoms with Crippen molar-refractivity contribution in [2.24, 2.45) is 5.92 Å². The van der Waals surface area contributed by atoms with Gasteiger partial charge in [-0.05, 0) is 47.7 Å². The number of carbonyl (C=O) groups excluding carboxylic acids is 1. The number of hydrazine groups is 1. The molecule has 33 heavy (non-hydrogen) atoms. The van der Waals surface area contributed by atoms with Crippen molar-refractivity contribution in [3.05, 3.63) is 89.3 Å². The van der Waals surface area contributed by atoms with Crippen LogP contribution in [0.3, 0.4) is 0 Å². The van der Waals surface area contributed by atoms with Crippen LogP contribution >= 0.6 is 0 Å². The van der Waals surface area contributed by atoms with E-state index in [0.717, 1.165) is 29.7 Å². The van der Waals surface area contributed by atoms with E-state index in [1.807, 2.05) is 27.8 Å². The van der Waals surface area contributed by atoms with Gasteiger partial charge in [-0.25, -0.2) is 14.4 Å². The van der Waals surface area contributed by atoms with Crippen LogP contribution < -0.4 is 5.43 Å². The number of aromatic nitrogens is 2. The van der Waals surface area contributed by atoms with Gasteiger partial charge in [0.05, 0.1) is 24.4 Å². The summed E-state index contributed by atoms with van der Waals surface area (Å²) in [6.45, 7) is 6.01. The number of imidazole rings is 1. The average molecular weight is 448 g/mol. The van der Waals surface area contributed by atoms with E-state index in [4.69, 9.17) is 5.26 Å². The molecule has 0 saturated carbocycles. The number of nitriles is 1. The number of halogens is 1. The molecular weight excluding hydrogens is 417 g/mol. The number of hydrogen-bond donors (Lipinski definition) is 1. The molecule has 1 N–H and O–H groups in total. The highest BCUT2D eigenvalue weighted by Gasteiger charge is 2.15. The van der Waals surface area contributed by atoms with Crippen LogP contribution in [0.2, 0.25) is 0 Å². The van der Waals surface area contributed by atoms with Gasteiger partial charge < -0.3 is 4.57 Å². The lowest BCUT2D eigenvalue weighted by Crippen LogP contribution is -2.43. The molecule has 1 amide bonds. The highest BCUT2D eigenvalue weighted by atomic mass is 19.1. The molecule has 7 heteroatoms. The second-order valence-corrected chi connectivity index (χ2v) is 8.39. The van der Waals surface area contributed by atoms with E-state index in [9.17, 15) is 9.18 Å². The molecule has 0 aliphatic heterocycles. The summed E-state index contributed by atoms with van der Waals surface area (Å²) in [4.78, 5) is 17.1. The molecule has 0 saturated heterocycles. The topological polar surface area (TPSA) is 74.0 Å². The van der Waals surface area contributed by atoms with E-state index in [0.29, 0.717) is 31.1 Å². The van der Waals surface area contributed by atoms with Crippen molar-refractivity contribution in [1.82, 2.24) is 20.0 Å². The molecule has 3 aromatic rings. The summed E-state index contributed by atoms with van der Waals surface area (Å²) in [5.41, 5.74) is 6.24. The lowest BCUT2D eigenvalue weighted by atomic mass is 10.1. The standard InChI is InChI=1S/C26H30FN5O/c1-3-20(2)11-12-32(18-23-5-4-6-24(27)13-23)30-26(33)14-25-16-29-19-31(25)17-22-9-7-21(15-28)8-10-22/h4-10,13,16,19-20H,3,11-12,14,17-18H2,1-2H3,(H,30,33)/t20-/m0/s1. The van der Waals surface area contributed by atoms with Gasteiger partial charge in [-0.15, -0.1) is 0 Å². The third-order valence-electron chi connectivity index (χ3n) is 5.71. The van der Waals surface area contributed by atoms with Crippen LogP contribution in [0.25, 0.3) is 0 Å². The van der Waals surface area contributed by atoms with Gasteiger partial charge in [-0.2, -0.15) is 5.26 Å². The predicted octanol–water partition coefficient (Wildman–Crippen LogP) is 4.45. The Morgan fingerprint density at radius 1 is 1.24 bits per heavy atom. The molecule has 0 fully saturated rings. The Bertz CT molecular complexity index is 1090. The zero-order chi connectivity index (χ0) is 23.6. The second kappa shape index (κ2) is 11.9. The van der Waals surface area contributed by atoms with Crippen molar-refractivity contribution in [2.45, 2.75) is 46.2 Å². The molecule has 0 unspecified atom stereocenters. The van der Waals surface area contributed by atoms with Crippen LogP contribution in [-0.4, -0.2) is 27.0 Å². The molecule has 172 valence electrons. The van der Waals surface area contributed by atoms with Gasteiger partial charge in [0, 0.05) is 31.5 Å². The van der Waals surface area contributed by atoms with Crippen molar-refractivity contribution in [2.75, 3.05) is 6.54 Å². The third kappa shape index (κ3) is 7.55. The minimum absolute atomic E-state index is 0.142. The molecule has 1 aromatic heterocycles. The molecule has 3 rings (SSSR count). The SMILES string of the molecule is CC[C@H](C)CCN(Cc1cccc(F)c1)NC(=O)Cc1cncn1Cc1ccc(C#N)cc1. The number of amides is 1.